The smallest absolute Gasteiger partial charge is 0.201 e. The van der Waals surface area contributed by atoms with Crippen LogP contribution >= 0.6 is 0 Å². The molecular weight excluding hydrogens is 462 g/mol. The first-order valence-electron chi connectivity index (χ1n) is 14.0. The molecule has 1 fully saturated rings. The lowest BCUT2D eigenvalue weighted by Gasteiger charge is -2.29. The summed E-state index contributed by atoms with van der Waals surface area (Å²) < 4.78 is 33.8. The number of allylic oxidation sites excluding steroid dienone is 1. The van der Waals surface area contributed by atoms with Crippen molar-refractivity contribution in [2.24, 2.45) is 0 Å². The molecule has 1 aliphatic carbocycles. The minimum atomic E-state index is -0.926. The van der Waals surface area contributed by atoms with Gasteiger partial charge in [-0.15, -0.1) is 0 Å². The Bertz CT molecular complexity index is 1140. The lowest BCUT2D eigenvalue weighted by Crippen LogP contribution is -2.12. The number of ether oxygens (including phenoxy) is 1. The predicted molar refractivity (Wildman–Crippen MR) is 149 cm³/mol. The SMILES string of the molecule is C/C=C/Oc1ccc(CCc2ccc(C3CCC(c4ccc(CCCCC)cc4)CC3)cc2)c(F)c1F. The van der Waals surface area contributed by atoms with Crippen LogP contribution in [0.15, 0.2) is 73.0 Å². The maximum absolute atomic E-state index is 14.5. The van der Waals surface area contributed by atoms with Gasteiger partial charge in [-0.3, -0.25) is 0 Å². The molecule has 0 spiro atoms. The molecular formula is C34H40F2O. The van der Waals surface area contributed by atoms with Crippen LogP contribution in [0.5, 0.6) is 5.75 Å². The van der Waals surface area contributed by atoms with E-state index in [9.17, 15) is 8.78 Å². The highest BCUT2D eigenvalue weighted by Crippen LogP contribution is 2.40. The van der Waals surface area contributed by atoms with E-state index in [0.29, 0.717) is 30.2 Å². The van der Waals surface area contributed by atoms with E-state index in [2.05, 4.69) is 55.5 Å². The fourth-order valence-electron chi connectivity index (χ4n) is 5.53. The summed E-state index contributed by atoms with van der Waals surface area (Å²) in [6.45, 7) is 4.01. The van der Waals surface area contributed by atoms with Gasteiger partial charge in [-0.1, -0.05) is 80.4 Å². The molecule has 0 radical (unpaired) electrons. The quantitative estimate of drug-likeness (QED) is 0.187. The molecule has 0 amide bonds. The summed E-state index contributed by atoms with van der Waals surface area (Å²) in [4.78, 5) is 0. The summed E-state index contributed by atoms with van der Waals surface area (Å²) in [5.74, 6) is -0.552. The van der Waals surface area contributed by atoms with Gasteiger partial charge in [-0.05, 0) is 104 Å². The maximum Gasteiger partial charge on any atom is 0.201 e. The highest BCUT2D eigenvalue weighted by molar-refractivity contribution is 5.33. The summed E-state index contributed by atoms with van der Waals surface area (Å²) in [5.41, 5.74) is 5.89. The molecule has 4 rings (SSSR count). The summed E-state index contributed by atoms with van der Waals surface area (Å²) in [7, 11) is 0. The molecule has 0 unspecified atom stereocenters. The Morgan fingerprint density at radius 2 is 1.27 bits per heavy atom. The van der Waals surface area contributed by atoms with Crippen molar-refractivity contribution in [3.8, 4) is 5.75 Å². The topological polar surface area (TPSA) is 9.23 Å². The summed E-state index contributed by atoms with van der Waals surface area (Å²) in [5, 5.41) is 0. The van der Waals surface area contributed by atoms with E-state index in [0.717, 1.165) is 5.56 Å². The van der Waals surface area contributed by atoms with Gasteiger partial charge in [-0.25, -0.2) is 4.39 Å². The zero-order valence-corrected chi connectivity index (χ0v) is 22.3. The monoisotopic (exact) mass is 502 g/mol. The van der Waals surface area contributed by atoms with Gasteiger partial charge in [0.05, 0.1) is 6.26 Å². The first kappa shape index (κ1) is 27.1. The molecule has 0 saturated heterocycles. The van der Waals surface area contributed by atoms with Crippen LogP contribution < -0.4 is 4.74 Å². The Hall–Kier alpha value is -2.94. The van der Waals surface area contributed by atoms with Crippen LogP contribution in [0.25, 0.3) is 0 Å². The van der Waals surface area contributed by atoms with Gasteiger partial charge < -0.3 is 4.74 Å². The summed E-state index contributed by atoms with van der Waals surface area (Å²) in [6.07, 6.45) is 14.1. The molecule has 196 valence electrons. The van der Waals surface area contributed by atoms with E-state index in [1.165, 1.54) is 80.4 Å². The van der Waals surface area contributed by atoms with E-state index in [-0.39, 0.29) is 5.75 Å². The number of rotatable bonds is 11. The maximum atomic E-state index is 14.5. The number of hydrogen-bond acceptors (Lipinski definition) is 1. The Morgan fingerprint density at radius 1 is 0.703 bits per heavy atom. The van der Waals surface area contributed by atoms with Crippen molar-refractivity contribution in [1.82, 2.24) is 0 Å². The highest BCUT2D eigenvalue weighted by atomic mass is 19.2. The third-order valence-electron chi connectivity index (χ3n) is 7.84. The van der Waals surface area contributed by atoms with Crippen LogP contribution in [0, 0.1) is 11.6 Å². The van der Waals surface area contributed by atoms with Crippen molar-refractivity contribution >= 4 is 0 Å². The van der Waals surface area contributed by atoms with Gasteiger partial charge in [0, 0.05) is 0 Å². The van der Waals surface area contributed by atoms with Crippen molar-refractivity contribution in [3.63, 3.8) is 0 Å². The summed E-state index contributed by atoms with van der Waals surface area (Å²) >= 11 is 0. The zero-order chi connectivity index (χ0) is 26.0. The van der Waals surface area contributed by atoms with E-state index in [1.54, 1.807) is 19.1 Å². The van der Waals surface area contributed by atoms with Crippen LogP contribution in [0.2, 0.25) is 0 Å². The largest absolute Gasteiger partial charge is 0.462 e. The first-order chi connectivity index (χ1) is 18.1. The molecule has 37 heavy (non-hydrogen) atoms. The second kappa shape index (κ2) is 13.6. The third kappa shape index (κ3) is 7.31. The predicted octanol–water partition coefficient (Wildman–Crippen LogP) is 9.84. The molecule has 0 aromatic heterocycles. The average Bonchev–Trinajstić information content (AvgIpc) is 2.94. The van der Waals surface area contributed by atoms with Crippen molar-refractivity contribution in [2.75, 3.05) is 0 Å². The molecule has 1 aliphatic rings. The normalized spacial score (nSPS) is 17.8. The molecule has 0 heterocycles. The fourth-order valence-corrected chi connectivity index (χ4v) is 5.53. The van der Waals surface area contributed by atoms with Gasteiger partial charge in [-0.2, -0.15) is 4.39 Å². The van der Waals surface area contributed by atoms with Crippen LogP contribution in [-0.4, -0.2) is 0 Å². The van der Waals surface area contributed by atoms with E-state index in [4.69, 9.17) is 4.74 Å². The van der Waals surface area contributed by atoms with Gasteiger partial charge in [0.15, 0.2) is 11.6 Å². The Kier molecular flexibility index (Phi) is 9.93. The fraction of sp³-hybridized carbons (Fsp3) is 0.412. The first-order valence-corrected chi connectivity index (χ1v) is 14.0. The van der Waals surface area contributed by atoms with Gasteiger partial charge in [0.1, 0.15) is 0 Å². The van der Waals surface area contributed by atoms with Crippen LogP contribution in [-0.2, 0) is 19.3 Å². The molecule has 1 nitrogen and oxygen atoms in total. The zero-order valence-electron chi connectivity index (χ0n) is 22.3. The lowest BCUT2D eigenvalue weighted by atomic mass is 9.76. The Morgan fingerprint density at radius 3 is 1.81 bits per heavy atom. The van der Waals surface area contributed by atoms with E-state index < -0.39 is 11.6 Å². The van der Waals surface area contributed by atoms with Crippen LogP contribution in [0.3, 0.4) is 0 Å². The molecule has 0 N–H and O–H groups in total. The van der Waals surface area contributed by atoms with E-state index in [1.807, 2.05) is 0 Å². The van der Waals surface area contributed by atoms with Crippen LogP contribution in [0.4, 0.5) is 8.78 Å². The highest BCUT2D eigenvalue weighted by Gasteiger charge is 2.23. The lowest BCUT2D eigenvalue weighted by molar-refractivity contribution is 0.396. The number of unbranched alkanes of at least 4 members (excludes halogenated alkanes) is 2. The molecule has 0 bridgehead atoms. The van der Waals surface area contributed by atoms with E-state index >= 15 is 0 Å². The standard InChI is InChI=1S/C34H40F2O/c1-3-5-6-7-25-8-13-27(14-9-25)29-18-20-30(21-19-29)28-15-10-26(11-16-28)12-17-31-22-23-32(37-24-4-2)34(36)33(31)35/h4,8-11,13-16,22-24,29-30H,3,5-7,12,17-21H2,1-2H3/b24-4+. The summed E-state index contributed by atoms with van der Waals surface area (Å²) in [6, 6.07) is 21.3. The third-order valence-corrected chi connectivity index (χ3v) is 7.84. The minimum Gasteiger partial charge on any atom is -0.462 e. The number of aryl methyl sites for hydroxylation is 3. The number of hydrogen-bond donors (Lipinski definition) is 0. The van der Waals surface area contributed by atoms with Crippen molar-refractivity contribution in [3.05, 3.63) is 112 Å². The van der Waals surface area contributed by atoms with Crippen LogP contribution in [0.1, 0.15) is 98.4 Å². The molecule has 1 saturated carbocycles. The van der Waals surface area contributed by atoms with Crippen molar-refractivity contribution in [2.45, 2.75) is 89.9 Å². The van der Waals surface area contributed by atoms with Gasteiger partial charge in [0.25, 0.3) is 0 Å². The Balaban J connectivity index is 1.27. The second-order valence-corrected chi connectivity index (χ2v) is 10.4. The number of halogens is 2. The number of benzene rings is 3. The van der Waals surface area contributed by atoms with Crippen molar-refractivity contribution in [1.29, 1.82) is 0 Å². The molecule has 3 aromatic carbocycles. The van der Waals surface area contributed by atoms with Gasteiger partial charge >= 0.3 is 0 Å². The van der Waals surface area contributed by atoms with Crippen molar-refractivity contribution < 1.29 is 13.5 Å². The molecule has 3 heteroatoms. The molecule has 0 atom stereocenters. The Labute approximate surface area is 221 Å². The van der Waals surface area contributed by atoms with Gasteiger partial charge in [0.2, 0.25) is 5.82 Å². The molecule has 0 aliphatic heterocycles. The molecule has 3 aromatic rings. The average molecular weight is 503 g/mol. The minimum absolute atomic E-state index is 0.0853. The second-order valence-electron chi connectivity index (χ2n) is 10.4.